The Hall–Kier alpha value is -1.89. The van der Waals surface area contributed by atoms with Gasteiger partial charge >= 0.3 is 0 Å². The van der Waals surface area contributed by atoms with Crippen molar-refractivity contribution in [1.29, 1.82) is 0 Å². The molecule has 0 aliphatic carbocycles. The van der Waals surface area contributed by atoms with Crippen LogP contribution in [0.4, 0.5) is 27.4 Å². The summed E-state index contributed by atoms with van der Waals surface area (Å²) in [4.78, 5) is 10.7. The highest BCUT2D eigenvalue weighted by Gasteiger charge is 2.17. The molecule has 1 aliphatic rings. The molecule has 0 atom stereocenters. The Bertz CT molecular complexity index is 686. The average molecular weight is 380 g/mol. The lowest BCUT2D eigenvalue weighted by molar-refractivity contribution is 0.631. The highest BCUT2D eigenvalue weighted by atomic mass is 79.9. The fourth-order valence-corrected chi connectivity index (χ4v) is 3.07. The maximum absolute atomic E-state index is 14.0. The normalized spacial score (nSPS) is 15.3. The van der Waals surface area contributed by atoms with Crippen LogP contribution in [-0.4, -0.2) is 23.1 Å². The Morgan fingerprint density at radius 2 is 1.87 bits per heavy atom. The van der Waals surface area contributed by atoms with Gasteiger partial charge in [-0.05, 0) is 31.0 Å². The molecule has 0 amide bonds. The molecule has 0 spiro atoms. The third-order valence-electron chi connectivity index (χ3n) is 3.95. The number of nitrogens with zero attached hydrogens (tertiary/aromatic N) is 3. The van der Waals surface area contributed by atoms with Crippen LogP contribution in [0.2, 0.25) is 0 Å². The zero-order chi connectivity index (χ0) is 16.2. The summed E-state index contributed by atoms with van der Waals surface area (Å²) in [5.41, 5.74) is 7.02. The Balaban J connectivity index is 1.87. The summed E-state index contributed by atoms with van der Waals surface area (Å²) in [6.45, 7) is 1.88. The van der Waals surface area contributed by atoms with Gasteiger partial charge in [0.25, 0.3) is 0 Å². The molecular formula is C16H19BrFN5. The van der Waals surface area contributed by atoms with Crippen LogP contribution in [0.3, 0.4) is 0 Å². The largest absolute Gasteiger partial charge is 0.393 e. The number of halogens is 2. The van der Waals surface area contributed by atoms with Gasteiger partial charge in [-0.15, -0.1) is 0 Å². The van der Waals surface area contributed by atoms with E-state index in [9.17, 15) is 4.39 Å². The van der Waals surface area contributed by atoms with E-state index in [1.807, 2.05) is 0 Å². The summed E-state index contributed by atoms with van der Waals surface area (Å²) in [6, 6.07) is 4.81. The predicted octanol–water partition coefficient (Wildman–Crippen LogP) is 4.08. The summed E-state index contributed by atoms with van der Waals surface area (Å²) in [7, 11) is 0. The maximum Gasteiger partial charge on any atom is 0.159 e. The first-order chi connectivity index (χ1) is 11.1. The Morgan fingerprint density at radius 1 is 1.13 bits per heavy atom. The first kappa shape index (κ1) is 16.0. The molecule has 3 N–H and O–H groups in total. The molecule has 1 saturated heterocycles. The highest BCUT2D eigenvalue weighted by molar-refractivity contribution is 9.10. The number of hydrogen-bond donors (Lipinski definition) is 2. The molecule has 1 aliphatic heterocycles. The van der Waals surface area contributed by atoms with E-state index in [-0.39, 0.29) is 5.82 Å². The van der Waals surface area contributed by atoms with Crippen molar-refractivity contribution in [2.45, 2.75) is 25.7 Å². The number of benzene rings is 1. The Labute approximate surface area is 143 Å². The van der Waals surface area contributed by atoms with E-state index in [2.05, 4.69) is 36.1 Å². The smallest absolute Gasteiger partial charge is 0.159 e. The van der Waals surface area contributed by atoms with Crippen LogP contribution < -0.4 is 16.0 Å². The molecule has 2 aromatic rings. The zero-order valence-corrected chi connectivity index (χ0v) is 14.3. The van der Waals surface area contributed by atoms with Crippen LogP contribution >= 0.6 is 15.9 Å². The molecule has 1 aromatic heterocycles. The number of nitrogens with two attached hydrogens (primary N) is 1. The van der Waals surface area contributed by atoms with E-state index >= 15 is 0 Å². The molecule has 0 radical (unpaired) electrons. The van der Waals surface area contributed by atoms with Crippen molar-refractivity contribution in [2.75, 3.05) is 29.0 Å². The maximum atomic E-state index is 14.0. The minimum Gasteiger partial charge on any atom is -0.393 e. The van der Waals surface area contributed by atoms with Crippen molar-refractivity contribution in [3.8, 4) is 0 Å². The fourth-order valence-electron chi connectivity index (χ4n) is 2.74. The topological polar surface area (TPSA) is 67.1 Å². The second-order valence-corrected chi connectivity index (χ2v) is 6.53. The molecule has 1 aromatic carbocycles. The minimum atomic E-state index is -0.367. The Morgan fingerprint density at radius 3 is 2.57 bits per heavy atom. The van der Waals surface area contributed by atoms with Gasteiger partial charge in [0.15, 0.2) is 11.6 Å². The summed E-state index contributed by atoms with van der Waals surface area (Å²) in [5, 5.41) is 2.96. The summed E-state index contributed by atoms with van der Waals surface area (Å²) in [6.07, 6.45) is 6.20. The van der Waals surface area contributed by atoms with Crippen LogP contribution in [0.1, 0.15) is 25.7 Å². The average Bonchev–Trinajstić information content (AvgIpc) is 2.81. The molecular weight excluding hydrogens is 361 g/mol. The van der Waals surface area contributed by atoms with E-state index in [4.69, 9.17) is 5.73 Å². The fraction of sp³-hybridized carbons (Fsp3) is 0.375. The molecule has 7 heteroatoms. The number of aromatic nitrogens is 2. The van der Waals surface area contributed by atoms with Crippen molar-refractivity contribution in [3.63, 3.8) is 0 Å². The zero-order valence-electron chi connectivity index (χ0n) is 12.7. The third-order valence-corrected chi connectivity index (χ3v) is 4.45. The summed E-state index contributed by atoms with van der Waals surface area (Å²) < 4.78 is 14.7. The van der Waals surface area contributed by atoms with Gasteiger partial charge in [0.2, 0.25) is 0 Å². The van der Waals surface area contributed by atoms with Crippen molar-refractivity contribution in [1.82, 2.24) is 9.97 Å². The van der Waals surface area contributed by atoms with E-state index in [1.54, 1.807) is 12.1 Å². The molecule has 1 fully saturated rings. The molecule has 0 unspecified atom stereocenters. The van der Waals surface area contributed by atoms with Crippen LogP contribution in [0.25, 0.3) is 0 Å². The molecule has 3 rings (SSSR count). The van der Waals surface area contributed by atoms with Crippen molar-refractivity contribution < 1.29 is 4.39 Å². The number of anilines is 4. The summed E-state index contributed by atoms with van der Waals surface area (Å²) in [5.74, 6) is 0.788. The van der Waals surface area contributed by atoms with E-state index < -0.39 is 0 Å². The predicted molar refractivity (Wildman–Crippen MR) is 94.5 cm³/mol. The van der Waals surface area contributed by atoms with Gasteiger partial charge in [0.1, 0.15) is 17.8 Å². The third kappa shape index (κ3) is 3.72. The lowest BCUT2D eigenvalue weighted by Crippen LogP contribution is -2.26. The lowest BCUT2D eigenvalue weighted by Gasteiger charge is -2.23. The first-order valence-corrected chi connectivity index (χ1v) is 8.52. The summed E-state index contributed by atoms with van der Waals surface area (Å²) >= 11 is 3.24. The van der Waals surface area contributed by atoms with Gasteiger partial charge in [-0.2, -0.15) is 0 Å². The van der Waals surface area contributed by atoms with E-state index in [0.717, 1.165) is 31.7 Å². The minimum absolute atomic E-state index is 0.334. The molecule has 122 valence electrons. The Kier molecular flexibility index (Phi) is 4.95. The standard InChI is InChI=1S/C16H19BrFN5/c17-11-5-6-13(12(18)9-11)22-15-14(19)16(21-10-20-15)23-7-3-1-2-4-8-23/h5-6,9-10H,1-4,7-8,19H2,(H,20,21,22). The molecule has 0 saturated carbocycles. The monoisotopic (exact) mass is 379 g/mol. The van der Waals surface area contributed by atoms with Crippen molar-refractivity contribution in [3.05, 3.63) is 34.8 Å². The van der Waals surface area contributed by atoms with E-state index in [0.29, 0.717) is 21.7 Å². The van der Waals surface area contributed by atoms with Crippen LogP contribution in [-0.2, 0) is 0 Å². The lowest BCUT2D eigenvalue weighted by atomic mass is 10.2. The van der Waals surface area contributed by atoms with Gasteiger partial charge in [0.05, 0.1) is 5.69 Å². The van der Waals surface area contributed by atoms with Crippen LogP contribution in [0.5, 0.6) is 0 Å². The van der Waals surface area contributed by atoms with Crippen LogP contribution in [0.15, 0.2) is 29.0 Å². The number of nitrogens with one attached hydrogen (secondary N) is 1. The van der Waals surface area contributed by atoms with Gasteiger partial charge in [-0.25, -0.2) is 14.4 Å². The molecule has 0 bridgehead atoms. The highest BCUT2D eigenvalue weighted by Crippen LogP contribution is 2.31. The first-order valence-electron chi connectivity index (χ1n) is 7.72. The van der Waals surface area contributed by atoms with Gasteiger partial charge in [-0.3, -0.25) is 0 Å². The van der Waals surface area contributed by atoms with Crippen molar-refractivity contribution in [2.24, 2.45) is 0 Å². The number of rotatable bonds is 3. The number of hydrogen-bond acceptors (Lipinski definition) is 5. The van der Waals surface area contributed by atoms with Gasteiger partial charge in [0, 0.05) is 17.6 Å². The SMILES string of the molecule is Nc1c(Nc2ccc(Br)cc2F)ncnc1N1CCCCCC1. The van der Waals surface area contributed by atoms with Gasteiger partial charge in [-0.1, -0.05) is 28.8 Å². The van der Waals surface area contributed by atoms with E-state index in [1.165, 1.54) is 25.2 Å². The van der Waals surface area contributed by atoms with Crippen molar-refractivity contribution >= 4 is 38.9 Å². The molecule has 2 heterocycles. The van der Waals surface area contributed by atoms with Gasteiger partial charge < -0.3 is 16.0 Å². The molecule has 23 heavy (non-hydrogen) atoms. The number of nitrogen functional groups attached to an aromatic ring is 1. The quantitative estimate of drug-likeness (QED) is 0.840. The molecule has 5 nitrogen and oxygen atoms in total. The second-order valence-electron chi connectivity index (χ2n) is 5.61. The second kappa shape index (κ2) is 7.12. The van der Waals surface area contributed by atoms with Crippen LogP contribution in [0, 0.1) is 5.82 Å².